The minimum atomic E-state index is -0.777. The number of rotatable bonds is 6. The summed E-state index contributed by atoms with van der Waals surface area (Å²) in [5.74, 6) is -1.03. The second kappa shape index (κ2) is 8.95. The third-order valence-corrected chi connectivity index (χ3v) is 9.72. The molecule has 200 valence electrons. The molecule has 0 aliphatic carbocycles. The van der Waals surface area contributed by atoms with Gasteiger partial charge < -0.3 is 9.47 Å². The number of hydrogen-bond donors (Lipinski definition) is 0. The molecule has 2 bridgehead atoms. The number of fused-ring (bicyclic) bond motifs is 6. The maximum absolute atomic E-state index is 14.1. The first-order valence-corrected chi connectivity index (χ1v) is 14.2. The molecule has 2 aromatic carbocycles. The van der Waals surface area contributed by atoms with E-state index in [-0.39, 0.29) is 11.8 Å². The fraction of sp³-hybridized carbons (Fsp3) is 0.323. The van der Waals surface area contributed by atoms with E-state index < -0.39 is 23.0 Å². The van der Waals surface area contributed by atoms with E-state index in [9.17, 15) is 14.9 Å². The van der Waals surface area contributed by atoms with Crippen molar-refractivity contribution in [3.63, 3.8) is 0 Å². The summed E-state index contributed by atoms with van der Waals surface area (Å²) in [6, 6.07) is 16.8. The van der Waals surface area contributed by atoms with E-state index >= 15 is 0 Å². The van der Waals surface area contributed by atoms with E-state index in [4.69, 9.17) is 9.47 Å². The number of benzene rings is 2. The predicted molar refractivity (Wildman–Crippen MR) is 150 cm³/mol. The molecule has 5 heterocycles. The van der Waals surface area contributed by atoms with Crippen LogP contribution in [0.2, 0.25) is 0 Å². The van der Waals surface area contributed by atoms with Crippen LogP contribution >= 0.6 is 11.3 Å². The van der Waals surface area contributed by atoms with Crippen molar-refractivity contribution in [2.24, 2.45) is 11.8 Å². The molecule has 0 spiro atoms. The van der Waals surface area contributed by atoms with Gasteiger partial charge in [0, 0.05) is 35.2 Å². The minimum Gasteiger partial charge on any atom is -0.477 e. The third kappa shape index (κ3) is 3.53. The van der Waals surface area contributed by atoms with Gasteiger partial charge >= 0.3 is 0 Å². The van der Waals surface area contributed by atoms with Crippen molar-refractivity contribution in [2.45, 2.75) is 44.3 Å². The minimum absolute atomic E-state index is 0.229. The van der Waals surface area contributed by atoms with Crippen molar-refractivity contribution >= 4 is 39.6 Å². The van der Waals surface area contributed by atoms with Gasteiger partial charge in [0.1, 0.15) is 5.01 Å². The fourth-order valence-corrected chi connectivity index (χ4v) is 7.74. The number of nitrogens with zero attached hydrogens (tertiary/aromatic N) is 4. The standard InChI is InChI=1S/C31H26N4O4S/c1-18-26(34-27(40-18)19-9-14-33-15-10-19)38-16-13-31-12-11-30(2,39-31)24-25(31)29(37)35(28(24)36)23-8-7-20(17-32)21-5-3-4-6-22(21)23/h3-10,14-15,24-25H,11-13,16H2,1-2H3. The number of pyridine rings is 1. The summed E-state index contributed by atoms with van der Waals surface area (Å²) in [5.41, 5.74) is 0.526. The Morgan fingerprint density at radius 1 is 1.07 bits per heavy atom. The summed E-state index contributed by atoms with van der Waals surface area (Å²) in [4.78, 5) is 39.1. The van der Waals surface area contributed by atoms with Gasteiger partial charge in [0.25, 0.3) is 0 Å². The van der Waals surface area contributed by atoms with Gasteiger partial charge in [0.2, 0.25) is 17.7 Å². The first-order chi connectivity index (χ1) is 19.3. The summed E-state index contributed by atoms with van der Waals surface area (Å²) in [6.45, 7) is 4.25. The molecule has 3 aliphatic rings. The molecule has 4 unspecified atom stereocenters. The van der Waals surface area contributed by atoms with Crippen molar-refractivity contribution in [1.82, 2.24) is 9.97 Å². The Morgan fingerprint density at radius 2 is 1.82 bits per heavy atom. The molecule has 8 nitrogen and oxygen atoms in total. The monoisotopic (exact) mass is 550 g/mol. The van der Waals surface area contributed by atoms with Crippen molar-refractivity contribution < 1.29 is 19.1 Å². The highest BCUT2D eigenvalue weighted by Gasteiger charge is 2.73. The van der Waals surface area contributed by atoms with Crippen LogP contribution in [0.25, 0.3) is 21.3 Å². The number of aromatic nitrogens is 2. The van der Waals surface area contributed by atoms with Gasteiger partial charge in [-0.05, 0) is 51.0 Å². The van der Waals surface area contributed by atoms with E-state index in [2.05, 4.69) is 16.0 Å². The molecule has 4 aromatic rings. The number of nitriles is 1. The second-order valence-corrected chi connectivity index (χ2v) is 12.2. The van der Waals surface area contributed by atoms with E-state index in [1.54, 1.807) is 35.9 Å². The van der Waals surface area contributed by atoms with Crippen LogP contribution in [0.15, 0.2) is 60.9 Å². The van der Waals surface area contributed by atoms with E-state index in [1.807, 2.05) is 50.2 Å². The zero-order chi connectivity index (χ0) is 27.6. The van der Waals surface area contributed by atoms with Gasteiger partial charge in [-0.1, -0.05) is 24.3 Å². The molecule has 4 atom stereocenters. The van der Waals surface area contributed by atoms with Gasteiger partial charge in [0.05, 0.1) is 51.8 Å². The Balaban J connectivity index is 1.17. The molecule has 0 N–H and O–H groups in total. The average Bonchev–Trinajstić information content (AvgIpc) is 3.67. The fourth-order valence-electron chi connectivity index (χ4n) is 6.88. The summed E-state index contributed by atoms with van der Waals surface area (Å²) in [6.07, 6.45) is 5.35. The highest BCUT2D eigenvalue weighted by atomic mass is 32.1. The van der Waals surface area contributed by atoms with Crippen LogP contribution < -0.4 is 9.64 Å². The molecular formula is C31H26N4O4S. The first-order valence-electron chi connectivity index (χ1n) is 13.4. The summed E-state index contributed by atoms with van der Waals surface area (Å²) in [5, 5.41) is 11.9. The molecule has 3 fully saturated rings. The Kier molecular flexibility index (Phi) is 5.56. The van der Waals surface area contributed by atoms with E-state index in [1.165, 1.54) is 4.90 Å². The van der Waals surface area contributed by atoms with Gasteiger partial charge in [0.15, 0.2) is 0 Å². The number of aryl methyl sites for hydroxylation is 1. The summed E-state index contributed by atoms with van der Waals surface area (Å²) < 4.78 is 12.7. The lowest BCUT2D eigenvalue weighted by atomic mass is 9.67. The predicted octanol–water partition coefficient (Wildman–Crippen LogP) is 5.43. The smallest absolute Gasteiger partial charge is 0.240 e. The van der Waals surface area contributed by atoms with Gasteiger partial charge in [-0.2, -0.15) is 5.26 Å². The highest BCUT2D eigenvalue weighted by molar-refractivity contribution is 7.15. The second-order valence-electron chi connectivity index (χ2n) is 11.0. The molecule has 3 saturated heterocycles. The van der Waals surface area contributed by atoms with E-state index in [0.29, 0.717) is 48.4 Å². The quantitative estimate of drug-likeness (QED) is 0.295. The maximum Gasteiger partial charge on any atom is 0.240 e. The van der Waals surface area contributed by atoms with Crippen LogP contribution in [0.4, 0.5) is 5.69 Å². The lowest BCUT2D eigenvalue weighted by molar-refractivity contribution is -0.131. The van der Waals surface area contributed by atoms with Crippen LogP contribution in [0.1, 0.15) is 36.6 Å². The van der Waals surface area contributed by atoms with Crippen LogP contribution in [-0.4, -0.2) is 39.6 Å². The molecule has 2 amide bonds. The number of hydrogen-bond acceptors (Lipinski definition) is 8. The Labute approximate surface area is 235 Å². The number of imide groups is 1. The van der Waals surface area contributed by atoms with Gasteiger partial charge in [-0.3, -0.25) is 14.6 Å². The number of amides is 2. The molecule has 40 heavy (non-hydrogen) atoms. The SMILES string of the molecule is Cc1sc(-c2ccncc2)nc1OCCC12CCC(C)(O1)C1C(=O)N(c3ccc(C#N)c4ccccc34)C(=O)C12. The largest absolute Gasteiger partial charge is 0.477 e. The number of thiazole rings is 1. The molecule has 7 rings (SSSR count). The van der Waals surface area contributed by atoms with Crippen molar-refractivity contribution in [1.29, 1.82) is 5.26 Å². The van der Waals surface area contributed by atoms with Crippen molar-refractivity contribution in [3.8, 4) is 22.5 Å². The van der Waals surface area contributed by atoms with Gasteiger partial charge in [-0.15, -0.1) is 11.3 Å². The molecule has 2 aromatic heterocycles. The van der Waals surface area contributed by atoms with Crippen LogP contribution in [0.3, 0.4) is 0 Å². The maximum atomic E-state index is 14.1. The van der Waals surface area contributed by atoms with Crippen LogP contribution in [0.5, 0.6) is 5.88 Å². The Hall–Kier alpha value is -4.13. The van der Waals surface area contributed by atoms with Crippen molar-refractivity contribution in [2.75, 3.05) is 11.5 Å². The number of carbonyl (C=O) groups excluding carboxylic acids is 2. The molecule has 0 radical (unpaired) electrons. The van der Waals surface area contributed by atoms with Crippen LogP contribution in [0, 0.1) is 30.1 Å². The Morgan fingerprint density at radius 3 is 2.60 bits per heavy atom. The molecule has 3 aliphatic heterocycles. The third-order valence-electron chi connectivity index (χ3n) is 8.72. The van der Waals surface area contributed by atoms with E-state index in [0.717, 1.165) is 20.8 Å². The Bertz CT molecular complexity index is 1730. The number of anilines is 1. The normalized spacial score (nSPS) is 26.9. The molecule has 0 saturated carbocycles. The number of carbonyl (C=O) groups is 2. The van der Waals surface area contributed by atoms with Crippen molar-refractivity contribution in [3.05, 3.63) is 71.4 Å². The lowest BCUT2D eigenvalue weighted by Crippen LogP contribution is -2.43. The van der Waals surface area contributed by atoms with Gasteiger partial charge in [-0.25, -0.2) is 9.88 Å². The zero-order valence-corrected chi connectivity index (χ0v) is 22.9. The summed E-state index contributed by atoms with van der Waals surface area (Å²) >= 11 is 1.56. The topological polar surface area (TPSA) is 105 Å². The first kappa shape index (κ1) is 24.9. The highest BCUT2D eigenvalue weighted by Crippen LogP contribution is 2.62. The van der Waals surface area contributed by atoms with Crippen LogP contribution in [-0.2, 0) is 14.3 Å². The summed E-state index contributed by atoms with van der Waals surface area (Å²) in [7, 11) is 0. The average molecular weight is 551 g/mol. The molecular weight excluding hydrogens is 524 g/mol. The zero-order valence-electron chi connectivity index (χ0n) is 22.1. The lowest BCUT2D eigenvalue weighted by Gasteiger charge is -2.31. The molecule has 9 heteroatoms. The number of ether oxygens (including phenoxy) is 2.